The van der Waals surface area contributed by atoms with Crippen molar-refractivity contribution in [2.24, 2.45) is 0 Å². The van der Waals surface area contributed by atoms with E-state index in [9.17, 15) is 28.8 Å². The van der Waals surface area contributed by atoms with Crippen LogP contribution >= 0.6 is 0 Å². The maximum absolute atomic E-state index is 13.2. The van der Waals surface area contributed by atoms with Gasteiger partial charge >= 0.3 is 0 Å². The molecule has 246 valence electrons. The molecule has 1 fully saturated rings. The summed E-state index contributed by atoms with van der Waals surface area (Å²) < 4.78 is 0. The van der Waals surface area contributed by atoms with Crippen molar-refractivity contribution in [3.8, 4) is 0 Å². The zero-order valence-electron chi connectivity index (χ0n) is 26.4. The van der Waals surface area contributed by atoms with Gasteiger partial charge in [-0.15, -0.1) is 0 Å². The first-order chi connectivity index (χ1) is 22.3. The van der Waals surface area contributed by atoms with Crippen LogP contribution in [0, 0.1) is 0 Å². The number of nitrogens with zero attached hydrogens (tertiary/aromatic N) is 1. The topological polar surface area (TPSA) is 166 Å². The Labute approximate surface area is 269 Å². The Hall–Kier alpha value is -4.58. The quantitative estimate of drug-likeness (QED) is 0.0945. The number of rotatable bonds is 18. The minimum atomic E-state index is -0.999. The number of anilines is 1. The van der Waals surface area contributed by atoms with Crippen molar-refractivity contribution in [3.05, 3.63) is 64.7 Å². The van der Waals surface area contributed by atoms with Gasteiger partial charge in [0.25, 0.3) is 17.7 Å². The fourth-order valence-electron chi connectivity index (χ4n) is 5.57. The lowest BCUT2D eigenvalue weighted by Gasteiger charge is -2.27. The molecule has 46 heavy (non-hydrogen) atoms. The fourth-order valence-corrected chi connectivity index (χ4v) is 5.57. The van der Waals surface area contributed by atoms with Crippen LogP contribution in [-0.2, 0) is 20.9 Å². The van der Waals surface area contributed by atoms with Crippen LogP contribution < -0.4 is 26.8 Å². The van der Waals surface area contributed by atoms with E-state index >= 15 is 0 Å². The Bertz CT molecular complexity index is 1430. The van der Waals surface area contributed by atoms with Gasteiger partial charge in [-0.3, -0.25) is 44.4 Å². The molecular weight excluding hydrogens is 588 g/mol. The first-order valence-corrected chi connectivity index (χ1v) is 16.3. The van der Waals surface area contributed by atoms with Gasteiger partial charge in [-0.2, -0.15) is 0 Å². The number of amides is 6. The first kappa shape index (κ1) is 34.3. The van der Waals surface area contributed by atoms with Crippen molar-refractivity contribution in [1.29, 1.82) is 0 Å². The van der Waals surface area contributed by atoms with E-state index in [1.54, 1.807) is 30.3 Å². The molecular formula is C34H44N6O6. The predicted octanol–water partition coefficient (Wildman–Crippen LogP) is 3.58. The van der Waals surface area contributed by atoms with Crippen molar-refractivity contribution in [2.75, 3.05) is 18.4 Å². The molecule has 0 bridgehead atoms. The van der Waals surface area contributed by atoms with Gasteiger partial charge in [0.1, 0.15) is 6.04 Å². The van der Waals surface area contributed by atoms with Crippen molar-refractivity contribution in [3.63, 3.8) is 0 Å². The molecule has 2 aromatic rings. The zero-order valence-corrected chi connectivity index (χ0v) is 26.4. The van der Waals surface area contributed by atoms with E-state index in [0.29, 0.717) is 30.8 Å². The van der Waals surface area contributed by atoms with E-state index in [1.807, 2.05) is 12.1 Å². The van der Waals surface area contributed by atoms with E-state index in [4.69, 9.17) is 0 Å². The minimum Gasteiger partial charge on any atom is -0.384 e. The van der Waals surface area contributed by atoms with Gasteiger partial charge in [-0.1, -0.05) is 57.2 Å². The van der Waals surface area contributed by atoms with Gasteiger partial charge in [-0.25, -0.2) is 5.43 Å². The largest absolute Gasteiger partial charge is 0.384 e. The third-order valence-corrected chi connectivity index (χ3v) is 8.18. The summed E-state index contributed by atoms with van der Waals surface area (Å²) >= 11 is 0. The number of benzene rings is 2. The van der Waals surface area contributed by atoms with Gasteiger partial charge < -0.3 is 10.6 Å². The van der Waals surface area contributed by atoms with Gasteiger partial charge in [0.2, 0.25) is 17.7 Å². The second-order valence-electron chi connectivity index (χ2n) is 11.7. The molecule has 4 rings (SSSR count). The number of imide groups is 2. The zero-order chi connectivity index (χ0) is 32.9. The third kappa shape index (κ3) is 9.23. The van der Waals surface area contributed by atoms with Crippen LogP contribution in [0.5, 0.6) is 0 Å². The highest BCUT2D eigenvalue weighted by Gasteiger charge is 2.45. The molecule has 0 radical (unpaired) electrons. The van der Waals surface area contributed by atoms with Crippen LogP contribution in [-0.4, -0.2) is 59.5 Å². The Kier molecular flexibility index (Phi) is 12.8. The van der Waals surface area contributed by atoms with Crippen LogP contribution in [0.25, 0.3) is 0 Å². The van der Waals surface area contributed by atoms with Crippen molar-refractivity contribution >= 4 is 41.1 Å². The highest BCUT2D eigenvalue weighted by molar-refractivity contribution is 6.25. The number of nitrogens with one attached hydrogen (secondary N) is 5. The average Bonchev–Trinajstić information content (AvgIpc) is 3.31. The smallest absolute Gasteiger partial charge is 0.265 e. The molecule has 1 atom stereocenters. The lowest BCUT2D eigenvalue weighted by molar-refractivity contribution is -0.136. The maximum atomic E-state index is 13.2. The highest BCUT2D eigenvalue weighted by Crippen LogP contribution is 2.32. The Morgan fingerprint density at radius 3 is 2.37 bits per heavy atom. The Balaban J connectivity index is 1.10. The van der Waals surface area contributed by atoms with Crippen LogP contribution in [0.1, 0.15) is 114 Å². The molecule has 0 aliphatic carbocycles. The normalized spacial score (nSPS) is 15.8. The second kappa shape index (κ2) is 17.2. The molecule has 2 aliphatic rings. The van der Waals surface area contributed by atoms with E-state index in [2.05, 4.69) is 33.7 Å². The summed E-state index contributed by atoms with van der Waals surface area (Å²) in [5.41, 5.74) is 8.17. The third-order valence-electron chi connectivity index (χ3n) is 8.18. The molecule has 6 amide bonds. The van der Waals surface area contributed by atoms with Crippen molar-refractivity contribution < 1.29 is 28.8 Å². The van der Waals surface area contributed by atoms with Crippen LogP contribution in [0.4, 0.5) is 5.69 Å². The van der Waals surface area contributed by atoms with E-state index in [0.717, 1.165) is 55.5 Å². The summed E-state index contributed by atoms with van der Waals surface area (Å²) in [6.45, 7) is 3.87. The number of hydrogen-bond acceptors (Lipinski definition) is 8. The number of piperidine rings is 1. The SMILES string of the molecule is CCCCCCNNC(=O)c1ccc(CNC(=O)CCCCCCNc2cccc3c2C(=O)N(C2CCC(=O)NC2=O)C3=O)cc1. The summed E-state index contributed by atoms with van der Waals surface area (Å²) in [6, 6.07) is 11.2. The maximum Gasteiger partial charge on any atom is 0.265 e. The summed E-state index contributed by atoms with van der Waals surface area (Å²) in [7, 11) is 0. The molecule has 0 aromatic heterocycles. The molecule has 5 N–H and O–H groups in total. The number of carbonyl (C=O) groups is 6. The summed E-state index contributed by atoms with van der Waals surface area (Å²) in [6.07, 6.45) is 8.40. The first-order valence-electron chi connectivity index (χ1n) is 16.3. The lowest BCUT2D eigenvalue weighted by atomic mass is 10.0. The predicted molar refractivity (Wildman–Crippen MR) is 173 cm³/mol. The van der Waals surface area contributed by atoms with E-state index < -0.39 is 29.7 Å². The molecule has 2 aromatic carbocycles. The monoisotopic (exact) mass is 632 g/mol. The van der Waals surface area contributed by atoms with Crippen LogP contribution in [0.2, 0.25) is 0 Å². The summed E-state index contributed by atoms with van der Waals surface area (Å²) in [4.78, 5) is 75.5. The summed E-state index contributed by atoms with van der Waals surface area (Å²) in [5.74, 6) is -2.33. The minimum absolute atomic E-state index is 0.0317. The number of hydrazine groups is 1. The summed E-state index contributed by atoms with van der Waals surface area (Å²) in [5, 5.41) is 8.37. The van der Waals surface area contributed by atoms with Gasteiger partial charge in [0.05, 0.1) is 11.1 Å². The number of fused-ring (bicyclic) bond motifs is 1. The highest BCUT2D eigenvalue weighted by atomic mass is 16.2. The number of carbonyl (C=O) groups excluding carboxylic acids is 6. The Morgan fingerprint density at radius 2 is 1.61 bits per heavy atom. The van der Waals surface area contributed by atoms with Crippen molar-refractivity contribution in [1.82, 2.24) is 26.4 Å². The molecule has 2 aliphatic heterocycles. The van der Waals surface area contributed by atoms with Crippen LogP contribution in [0.3, 0.4) is 0 Å². The molecule has 12 heteroatoms. The van der Waals surface area contributed by atoms with Crippen molar-refractivity contribution in [2.45, 2.75) is 90.1 Å². The molecule has 12 nitrogen and oxygen atoms in total. The fraction of sp³-hybridized carbons (Fsp3) is 0.471. The standard InChI is InChI=1S/C34H44N6O6/c1-2-3-4-9-21-37-39-31(43)24-16-14-23(15-17-24)22-36-28(41)13-7-5-6-8-20-35-26-12-10-11-25-30(26)34(46)40(33(25)45)27-18-19-29(42)38-32(27)44/h10-12,14-17,27,35,37H,2-9,13,18-22H2,1H3,(H,36,41)(H,39,43)(H,38,42,44). The molecule has 0 spiro atoms. The van der Waals surface area contributed by atoms with Crippen LogP contribution in [0.15, 0.2) is 42.5 Å². The lowest BCUT2D eigenvalue weighted by Crippen LogP contribution is -2.54. The average molecular weight is 633 g/mol. The van der Waals surface area contributed by atoms with Gasteiger partial charge in [-0.05, 0) is 55.5 Å². The van der Waals surface area contributed by atoms with Gasteiger partial charge in [0, 0.05) is 43.7 Å². The number of hydrogen-bond donors (Lipinski definition) is 5. The van der Waals surface area contributed by atoms with E-state index in [-0.39, 0.29) is 35.8 Å². The van der Waals surface area contributed by atoms with E-state index in [1.165, 1.54) is 12.8 Å². The Morgan fingerprint density at radius 1 is 0.870 bits per heavy atom. The van der Waals surface area contributed by atoms with Gasteiger partial charge in [0.15, 0.2) is 0 Å². The number of unbranched alkanes of at least 4 members (excludes halogenated alkanes) is 6. The second-order valence-corrected chi connectivity index (χ2v) is 11.7. The molecule has 1 unspecified atom stereocenters. The molecule has 2 heterocycles. The molecule has 0 saturated carbocycles. The molecule has 1 saturated heterocycles.